The van der Waals surface area contributed by atoms with Crippen molar-refractivity contribution >= 4 is 0 Å². The van der Waals surface area contributed by atoms with Gasteiger partial charge in [-0.25, -0.2) is 9.78 Å². The maximum Gasteiger partial charge on any atom is 0.204 e. The largest absolute Gasteiger partial charge is 0.379 e. The van der Waals surface area contributed by atoms with Gasteiger partial charge in [-0.05, 0) is 51.9 Å². The molecular weight excluding hydrogens is 416 g/mol. The molecular formula is C24H42O8. The summed E-state index contributed by atoms with van der Waals surface area (Å²) < 4.78 is 35.7. The molecule has 4 heterocycles. The van der Waals surface area contributed by atoms with E-state index in [1.165, 1.54) is 6.42 Å². The summed E-state index contributed by atoms with van der Waals surface area (Å²) in [5, 5.41) is 0. The molecule has 186 valence electrons. The third-order valence-corrected chi connectivity index (χ3v) is 7.97. The van der Waals surface area contributed by atoms with E-state index in [9.17, 15) is 0 Å². The zero-order valence-corrected chi connectivity index (χ0v) is 20.4. The highest BCUT2D eigenvalue weighted by Crippen LogP contribution is 2.64. The summed E-state index contributed by atoms with van der Waals surface area (Å²) in [4.78, 5) is 12.2. The Bertz CT molecular complexity index is 619. The second-order valence-electron chi connectivity index (χ2n) is 10.1. The lowest BCUT2D eigenvalue weighted by molar-refractivity contribution is -0.605. The van der Waals surface area contributed by atoms with Gasteiger partial charge in [-0.15, -0.1) is 0 Å². The summed E-state index contributed by atoms with van der Waals surface area (Å²) in [5.41, 5.74) is -0.602. The highest BCUT2D eigenvalue weighted by Gasteiger charge is 2.74. The summed E-state index contributed by atoms with van der Waals surface area (Å²) >= 11 is 0. The number of rotatable bonds is 11. The smallest absolute Gasteiger partial charge is 0.204 e. The topological polar surface area (TPSA) is 73.8 Å². The molecule has 5 aliphatic rings. The minimum Gasteiger partial charge on any atom is -0.379 e. The van der Waals surface area contributed by atoms with Gasteiger partial charge in [0.2, 0.25) is 11.6 Å². The van der Waals surface area contributed by atoms with E-state index in [1.807, 2.05) is 20.8 Å². The van der Waals surface area contributed by atoms with E-state index in [1.54, 1.807) is 0 Å². The van der Waals surface area contributed by atoms with Crippen molar-refractivity contribution < 1.29 is 38.2 Å². The predicted octanol–water partition coefficient (Wildman–Crippen LogP) is 3.67. The molecule has 4 saturated heterocycles. The average Bonchev–Trinajstić information content (AvgIpc) is 2.97. The molecule has 0 unspecified atom stereocenters. The summed E-state index contributed by atoms with van der Waals surface area (Å²) in [7, 11) is 0. The molecule has 32 heavy (non-hydrogen) atoms. The van der Waals surface area contributed by atoms with Crippen LogP contribution < -0.4 is 0 Å². The summed E-state index contributed by atoms with van der Waals surface area (Å²) in [6, 6.07) is 0. The SMILES string of the molecule is CCOCCOCCOCCO[C@H]1O[C@]2(C)O[C@]3(C)CC[C@H]4[C@H](C)CC[C@@H]([C@H]1C)[C@]42OO3. The number of hydrogen-bond acceptors (Lipinski definition) is 8. The van der Waals surface area contributed by atoms with E-state index in [2.05, 4.69) is 13.8 Å². The van der Waals surface area contributed by atoms with Gasteiger partial charge >= 0.3 is 0 Å². The van der Waals surface area contributed by atoms with Crippen molar-refractivity contribution in [1.29, 1.82) is 0 Å². The Morgan fingerprint density at radius 3 is 2.22 bits per heavy atom. The molecule has 2 bridgehead atoms. The lowest BCUT2D eigenvalue weighted by Gasteiger charge is -2.64. The average molecular weight is 459 g/mol. The number of ether oxygens (including phenoxy) is 6. The van der Waals surface area contributed by atoms with Crippen molar-refractivity contribution in [2.24, 2.45) is 23.7 Å². The molecule has 5 rings (SSSR count). The van der Waals surface area contributed by atoms with Crippen LogP contribution in [0.25, 0.3) is 0 Å². The van der Waals surface area contributed by atoms with E-state index in [4.69, 9.17) is 38.2 Å². The Morgan fingerprint density at radius 1 is 0.812 bits per heavy atom. The number of hydrogen-bond donors (Lipinski definition) is 0. The molecule has 0 aromatic heterocycles. The van der Waals surface area contributed by atoms with E-state index >= 15 is 0 Å². The van der Waals surface area contributed by atoms with Crippen molar-refractivity contribution in [3.63, 3.8) is 0 Å². The maximum atomic E-state index is 6.58. The summed E-state index contributed by atoms with van der Waals surface area (Å²) in [5.74, 6) is -0.421. The fourth-order valence-corrected chi connectivity index (χ4v) is 6.39. The van der Waals surface area contributed by atoms with Gasteiger partial charge in [0.1, 0.15) is 0 Å². The Labute approximate surface area is 192 Å². The molecule has 4 aliphatic heterocycles. The first-order valence-electron chi connectivity index (χ1n) is 12.4. The van der Waals surface area contributed by atoms with Crippen LogP contribution >= 0.6 is 0 Å². The lowest BCUT2D eigenvalue weighted by Crippen LogP contribution is -2.76. The fourth-order valence-electron chi connectivity index (χ4n) is 6.39. The molecule has 0 aromatic carbocycles. The summed E-state index contributed by atoms with van der Waals surface area (Å²) in [6.45, 7) is 14.4. The molecule has 0 radical (unpaired) electrons. The van der Waals surface area contributed by atoms with Gasteiger partial charge < -0.3 is 28.4 Å². The maximum absolute atomic E-state index is 6.58. The standard InChI is InChI=1S/C24H42O8/c1-6-25-11-12-26-13-14-27-15-16-28-21-18(3)20-8-7-17(2)19-9-10-22(4)30-23(5,29-21)24(19,20)32-31-22/h17-21H,6-16H2,1-5H3/t17-,18-,19+,20+,21+,22+,23-,24-/m1/s1. The van der Waals surface area contributed by atoms with Crippen molar-refractivity contribution in [3.8, 4) is 0 Å². The van der Waals surface area contributed by atoms with Gasteiger partial charge in [0.25, 0.3) is 0 Å². The Morgan fingerprint density at radius 2 is 1.50 bits per heavy atom. The van der Waals surface area contributed by atoms with Gasteiger partial charge in [0.05, 0.1) is 39.6 Å². The van der Waals surface area contributed by atoms with Crippen molar-refractivity contribution in [1.82, 2.24) is 0 Å². The van der Waals surface area contributed by atoms with Crippen LogP contribution in [0.5, 0.6) is 0 Å². The van der Waals surface area contributed by atoms with Gasteiger partial charge in [-0.2, -0.15) is 0 Å². The Balaban J connectivity index is 1.32. The Kier molecular flexibility index (Phi) is 7.84. The van der Waals surface area contributed by atoms with Crippen molar-refractivity contribution in [2.45, 2.75) is 83.8 Å². The molecule has 8 nitrogen and oxygen atoms in total. The first-order valence-corrected chi connectivity index (χ1v) is 12.4. The molecule has 5 fully saturated rings. The quantitative estimate of drug-likeness (QED) is 0.343. The molecule has 1 aliphatic carbocycles. The molecule has 0 N–H and O–H groups in total. The van der Waals surface area contributed by atoms with E-state index < -0.39 is 17.2 Å². The van der Waals surface area contributed by atoms with Crippen LogP contribution in [0.15, 0.2) is 0 Å². The van der Waals surface area contributed by atoms with Crippen LogP contribution in [0, 0.1) is 23.7 Å². The molecule has 1 spiro atoms. The minimum absolute atomic E-state index is 0.162. The first kappa shape index (κ1) is 24.8. The van der Waals surface area contributed by atoms with E-state index in [0.717, 1.165) is 19.3 Å². The molecule has 8 heteroatoms. The van der Waals surface area contributed by atoms with Gasteiger partial charge in [-0.1, -0.05) is 13.8 Å². The Hall–Kier alpha value is -0.320. The molecule has 8 atom stereocenters. The highest BCUT2D eigenvalue weighted by atomic mass is 17.3. The predicted molar refractivity (Wildman–Crippen MR) is 116 cm³/mol. The van der Waals surface area contributed by atoms with E-state index in [-0.39, 0.29) is 18.1 Å². The second kappa shape index (κ2) is 10.1. The lowest BCUT2D eigenvalue weighted by atomic mass is 9.55. The zero-order chi connectivity index (χ0) is 22.8. The number of fused-ring (bicyclic) bond motifs is 2. The van der Waals surface area contributed by atoms with Crippen LogP contribution in [0.3, 0.4) is 0 Å². The third-order valence-electron chi connectivity index (χ3n) is 7.97. The zero-order valence-electron chi connectivity index (χ0n) is 20.4. The minimum atomic E-state index is -0.910. The van der Waals surface area contributed by atoms with Crippen LogP contribution in [0.2, 0.25) is 0 Å². The van der Waals surface area contributed by atoms with Crippen LogP contribution in [-0.4, -0.2) is 69.7 Å². The van der Waals surface area contributed by atoms with Crippen LogP contribution in [0.1, 0.15) is 60.3 Å². The van der Waals surface area contributed by atoms with Crippen molar-refractivity contribution in [3.05, 3.63) is 0 Å². The molecule has 1 saturated carbocycles. The highest BCUT2D eigenvalue weighted by molar-refractivity contribution is 5.13. The fraction of sp³-hybridized carbons (Fsp3) is 1.00. The van der Waals surface area contributed by atoms with Gasteiger partial charge in [-0.3, -0.25) is 0 Å². The normalized spacial score (nSPS) is 45.5. The van der Waals surface area contributed by atoms with E-state index in [0.29, 0.717) is 58.1 Å². The molecule has 0 aromatic rings. The van der Waals surface area contributed by atoms with Crippen LogP contribution in [-0.2, 0) is 38.2 Å². The van der Waals surface area contributed by atoms with Gasteiger partial charge in [0, 0.05) is 24.9 Å². The summed E-state index contributed by atoms with van der Waals surface area (Å²) in [6.07, 6.45) is 3.68. The first-order chi connectivity index (χ1) is 15.4. The monoisotopic (exact) mass is 458 g/mol. The third kappa shape index (κ3) is 4.50. The second-order valence-corrected chi connectivity index (χ2v) is 10.1. The van der Waals surface area contributed by atoms with Gasteiger partial charge in [0.15, 0.2) is 11.9 Å². The van der Waals surface area contributed by atoms with Crippen LogP contribution in [0.4, 0.5) is 0 Å². The van der Waals surface area contributed by atoms with Crippen molar-refractivity contribution in [2.75, 3.05) is 46.2 Å². The molecule has 0 amide bonds.